The summed E-state index contributed by atoms with van der Waals surface area (Å²) in [6.45, 7) is 7.08. The van der Waals surface area contributed by atoms with Gasteiger partial charge >= 0.3 is 12.1 Å². The van der Waals surface area contributed by atoms with E-state index in [0.29, 0.717) is 13.1 Å². The van der Waals surface area contributed by atoms with E-state index in [9.17, 15) is 14.4 Å². The van der Waals surface area contributed by atoms with Crippen LogP contribution in [0.4, 0.5) is 4.79 Å². The van der Waals surface area contributed by atoms with E-state index in [1.807, 2.05) is 35.9 Å². The molecular weight excluding hydrogens is 665 g/mol. The average molecular weight is 720 g/mol. The van der Waals surface area contributed by atoms with Crippen LogP contribution in [-0.2, 0) is 41.7 Å². The molecule has 1 fully saturated rings. The van der Waals surface area contributed by atoms with E-state index in [1.54, 1.807) is 0 Å². The van der Waals surface area contributed by atoms with Crippen molar-refractivity contribution in [2.24, 2.45) is 0 Å². The fourth-order valence-electron chi connectivity index (χ4n) is 4.90. The lowest BCUT2D eigenvalue weighted by atomic mass is 10.0. The van der Waals surface area contributed by atoms with E-state index in [2.05, 4.69) is 12.4 Å². The second-order valence-electron chi connectivity index (χ2n) is 11.0. The predicted octanol–water partition coefficient (Wildman–Crippen LogP) is 2.75. The van der Waals surface area contributed by atoms with Crippen molar-refractivity contribution in [1.82, 2.24) is 10.4 Å². The van der Waals surface area contributed by atoms with E-state index >= 15 is 0 Å². The van der Waals surface area contributed by atoms with Crippen LogP contribution in [0.5, 0.6) is 0 Å². The number of amides is 2. The number of aromatic nitrogens is 1. The number of hydroxylamine groups is 1. The highest BCUT2D eigenvalue weighted by atomic mass is 127. The number of aryl methyl sites for hydroxylation is 1. The van der Waals surface area contributed by atoms with Crippen LogP contribution in [0.2, 0.25) is 0 Å². The van der Waals surface area contributed by atoms with Crippen LogP contribution in [0.15, 0.2) is 24.4 Å². The number of carbonyl (C=O) groups is 3. The maximum atomic E-state index is 12.6. The zero-order valence-electron chi connectivity index (χ0n) is 26.5. The zero-order chi connectivity index (χ0) is 30.4. The summed E-state index contributed by atoms with van der Waals surface area (Å²) in [6.07, 6.45) is 16.5. The number of nitrogens with one attached hydrogen (secondary N) is 1. The molecule has 2 unspecified atom stereocenters. The molecule has 2 rings (SSSR count). The largest absolute Gasteiger partial charge is 1.00 e. The van der Waals surface area contributed by atoms with Crippen LogP contribution < -0.4 is 34.0 Å². The molecule has 2 amide bonds. The summed E-state index contributed by atoms with van der Waals surface area (Å²) in [6, 6.07) is 5.61. The number of carbonyl (C=O) groups excluding carboxylic acids is 3. The molecule has 1 N–H and O–H groups in total. The number of hydrogen-bond acceptors (Lipinski definition) is 8. The Kier molecular flexibility index (Phi) is 22.3. The van der Waals surface area contributed by atoms with Crippen molar-refractivity contribution in [2.45, 2.75) is 136 Å². The smallest absolute Gasteiger partial charge is 0.417 e. The normalized spacial score (nSPS) is 16.0. The third-order valence-electron chi connectivity index (χ3n) is 7.40. The summed E-state index contributed by atoms with van der Waals surface area (Å²) in [5, 5.41) is 0. The van der Waals surface area contributed by atoms with E-state index in [-0.39, 0.29) is 50.2 Å². The number of imide groups is 1. The highest BCUT2D eigenvalue weighted by molar-refractivity contribution is 5.90. The average Bonchev–Trinajstić information content (AvgIpc) is 3.43. The monoisotopic (exact) mass is 719 g/mol. The molecule has 0 spiro atoms. The zero-order valence-corrected chi connectivity index (χ0v) is 28.7. The Balaban J connectivity index is 0.00000924. The molecule has 1 saturated heterocycles. The Bertz CT molecular complexity index is 921. The molecule has 2 heterocycles. The SMILES string of the molecule is CCCCCCCCCCCCCCCNOC(=O)CC1OCC(COC(=O)N(Cc2cccc[n+]2CC)C(C)=O)O1.[I-]. The molecule has 0 saturated carbocycles. The van der Waals surface area contributed by atoms with Crippen molar-refractivity contribution in [3.8, 4) is 0 Å². The lowest BCUT2D eigenvalue weighted by Gasteiger charge is -2.19. The molecule has 0 radical (unpaired) electrons. The van der Waals surface area contributed by atoms with Crippen molar-refractivity contribution in [2.75, 3.05) is 19.8 Å². The maximum absolute atomic E-state index is 12.6. The second kappa shape index (κ2) is 24.5. The molecule has 1 aromatic rings. The van der Waals surface area contributed by atoms with E-state index in [0.717, 1.165) is 23.4 Å². The number of rotatable bonds is 22. The summed E-state index contributed by atoms with van der Waals surface area (Å²) in [5.41, 5.74) is 3.55. The van der Waals surface area contributed by atoms with Gasteiger partial charge in [-0.2, -0.15) is 5.48 Å². The summed E-state index contributed by atoms with van der Waals surface area (Å²) in [7, 11) is 0. The van der Waals surface area contributed by atoms with Crippen molar-refractivity contribution in [1.29, 1.82) is 0 Å². The number of unbranched alkanes of at least 4 members (excludes halogenated alkanes) is 12. The Hall–Kier alpha value is -1.83. The first-order valence-electron chi connectivity index (χ1n) is 16.1. The van der Waals surface area contributed by atoms with Crippen molar-refractivity contribution >= 4 is 18.0 Å². The highest BCUT2D eigenvalue weighted by Crippen LogP contribution is 2.16. The number of ether oxygens (including phenoxy) is 3. The molecule has 1 aliphatic rings. The Labute approximate surface area is 275 Å². The van der Waals surface area contributed by atoms with Gasteiger partial charge in [0.05, 0.1) is 13.0 Å². The van der Waals surface area contributed by atoms with Gasteiger partial charge in [0.25, 0.3) is 0 Å². The van der Waals surface area contributed by atoms with Crippen LogP contribution in [0.3, 0.4) is 0 Å². The second-order valence-corrected chi connectivity index (χ2v) is 11.0. The first kappa shape index (κ1) is 39.2. The van der Waals surface area contributed by atoms with E-state index in [1.165, 1.54) is 77.6 Å². The number of hydrogen-bond donors (Lipinski definition) is 1. The molecule has 0 aromatic carbocycles. The van der Waals surface area contributed by atoms with Gasteiger partial charge in [-0.1, -0.05) is 90.0 Å². The molecule has 43 heavy (non-hydrogen) atoms. The van der Waals surface area contributed by atoms with Gasteiger partial charge < -0.3 is 43.0 Å². The minimum absolute atomic E-state index is 0. The number of nitrogens with zero attached hydrogens (tertiary/aromatic N) is 2. The van der Waals surface area contributed by atoms with Gasteiger partial charge in [-0.15, -0.1) is 0 Å². The predicted molar refractivity (Wildman–Crippen MR) is 159 cm³/mol. The highest BCUT2D eigenvalue weighted by Gasteiger charge is 2.31. The van der Waals surface area contributed by atoms with Gasteiger partial charge in [0.15, 0.2) is 12.5 Å². The summed E-state index contributed by atoms with van der Waals surface area (Å²) >= 11 is 0. The van der Waals surface area contributed by atoms with Crippen LogP contribution in [0.1, 0.15) is 116 Å². The molecule has 1 aromatic heterocycles. The molecule has 0 bridgehead atoms. The standard InChI is InChI=1S/C32H54N3O7.HI/c1-4-6-7-8-9-10-11-12-13-14-15-16-18-21-33-42-30(37)23-31-39-25-29(41-31)26-40-32(38)35(27(3)36)24-28-20-17-19-22-34(28)5-2;/h17,19-20,22,29,31,33H,4-16,18,21,23-26H2,1-3H3;1H/q+1;/p-1. The minimum atomic E-state index is -0.768. The lowest BCUT2D eigenvalue weighted by molar-refractivity contribution is -0.701. The summed E-state index contributed by atoms with van der Waals surface area (Å²) in [4.78, 5) is 43.0. The van der Waals surface area contributed by atoms with Crippen LogP contribution in [0, 0.1) is 0 Å². The van der Waals surface area contributed by atoms with Gasteiger partial charge in [-0.3, -0.25) is 9.59 Å². The fraction of sp³-hybridized carbons (Fsp3) is 0.750. The fourth-order valence-corrected chi connectivity index (χ4v) is 4.90. The van der Waals surface area contributed by atoms with Crippen molar-refractivity contribution < 1.29 is 62.0 Å². The van der Waals surface area contributed by atoms with E-state index < -0.39 is 30.4 Å². The quantitative estimate of drug-likeness (QED) is 0.0845. The van der Waals surface area contributed by atoms with Crippen molar-refractivity contribution in [3.05, 3.63) is 30.1 Å². The van der Waals surface area contributed by atoms with Gasteiger partial charge in [0.1, 0.15) is 25.8 Å². The molecule has 10 nitrogen and oxygen atoms in total. The Morgan fingerprint density at radius 2 is 1.58 bits per heavy atom. The Morgan fingerprint density at radius 1 is 0.953 bits per heavy atom. The maximum Gasteiger partial charge on any atom is 0.417 e. The lowest BCUT2D eigenvalue weighted by Crippen LogP contribution is -3.00. The molecule has 246 valence electrons. The number of pyridine rings is 1. The molecule has 1 aliphatic heterocycles. The van der Waals surface area contributed by atoms with Gasteiger partial charge in [-0.25, -0.2) is 14.3 Å². The Morgan fingerprint density at radius 3 is 2.19 bits per heavy atom. The molecule has 11 heteroatoms. The van der Waals surface area contributed by atoms with Gasteiger partial charge in [0, 0.05) is 25.6 Å². The van der Waals surface area contributed by atoms with Crippen LogP contribution in [0.25, 0.3) is 0 Å². The van der Waals surface area contributed by atoms with Gasteiger partial charge in [0.2, 0.25) is 11.6 Å². The topological polar surface area (TPSA) is 107 Å². The van der Waals surface area contributed by atoms with Crippen LogP contribution >= 0.6 is 0 Å². The first-order chi connectivity index (χ1) is 20.4. The van der Waals surface area contributed by atoms with Crippen LogP contribution in [-0.4, -0.2) is 55.0 Å². The molecular formula is C32H54IN3O7. The molecule has 0 aliphatic carbocycles. The van der Waals surface area contributed by atoms with Crippen molar-refractivity contribution in [3.63, 3.8) is 0 Å². The third-order valence-corrected chi connectivity index (χ3v) is 7.40. The summed E-state index contributed by atoms with van der Waals surface area (Å²) in [5.74, 6) is -0.885. The third kappa shape index (κ3) is 17.3. The van der Waals surface area contributed by atoms with Gasteiger partial charge in [-0.05, 0) is 13.3 Å². The minimum Gasteiger partial charge on any atom is -1.00 e. The summed E-state index contributed by atoms with van der Waals surface area (Å²) < 4.78 is 18.5. The number of halogens is 1. The first-order valence-corrected chi connectivity index (χ1v) is 16.1. The van der Waals surface area contributed by atoms with E-state index in [4.69, 9.17) is 19.0 Å². The molecule has 2 atom stereocenters.